The molecule has 0 spiro atoms. The Morgan fingerprint density at radius 3 is 2.82 bits per heavy atom. The van der Waals surface area contributed by atoms with E-state index in [2.05, 4.69) is 24.0 Å². The fraction of sp³-hybridized carbons (Fsp3) is 0.714. The maximum Gasteiger partial charge on any atom is 0.190 e. The number of aryl methyl sites for hydroxylation is 1. The van der Waals surface area contributed by atoms with Crippen molar-refractivity contribution in [1.29, 1.82) is 0 Å². The number of hydrogen-bond donors (Lipinski definition) is 0. The zero-order chi connectivity index (χ0) is 8.27. The molecule has 3 nitrogen and oxygen atoms in total. The SMILES string of the molecule is CC(C)CSc1nncn1C. The molecule has 0 aliphatic carbocycles. The van der Waals surface area contributed by atoms with Crippen molar-refractivity contribution >= 4 is 11.8 Å². The molecule has 0 amide bonds. The quantitative estimate of drug-likeness (QED) is 0.647. The minimum absolute atomic E-state index is 0.705. The molecular weight excluding hydrogens is 158 g/mol. The van der Waals surface area contributed by atoms with E-state index in [1.165, 1.54) is 0 Å². The summed E-state index contributed by atoms with van der Waals surface area (Å²) in [4.78, 5) is 0. The second kappa shape index (κ2) is 3.76. The highest BCUT2D eigenvalue weighted by Crippen LogP contribution is 2.16. The van der Waals surface area contributed by atoms with Crippen LogP contribution in [0.25, 0.3) is 0 Å². The molecular formula is C7H13N3S. The zero-order valence-electron chi connectivity index (χ0n) is 7.11. The van der Waals surface area contributed by atoms with Crippen LogP contribution in [0, 0.1) is 5.92 Å². The van der Waals surface area contributed by atoms with E-state index < -0.39 is 0 Å². The lowest BCUT2D eigenvalue weighted by Gasteiger charge is -2.02. The highest BCUT2D eigenvalue weighted by molar-refractivity contribution is 7.99. The largest absolute Gasteiger partial charge is 0.312 e. The van der Waals surface area contributed by atoms with Gasteiger partial charge in [0.25, 0.3) is 0 Å². The van der Waals surface area contributed by atoms with Crippen molar-refractivity contribution in [3.8, 4) is 0 Å². The molecule has 0 N–H and O–H groups in total. The van der Waals surface area contributed by atoms with Crippen LogP contribution in [0.4, 0.5) is 0 Å². The summed E-state index contributed by atoms with van der Waals surface area (Å²) in [6.45, 7) is 4.40. The first-order chi connectivity index (χ1) is 5.20. The summed E-state index contributed by atoms with van der Waals surface area (Å²) in [6, 6.07) is 0. The van der Waals surface area contributed by atoms with Gasteiger partial charge in [-0.3, -0.25) is 0 Å². The second-order valence-corrected chi connectivity index (χ2v) is 3.92. The predicted molar refractivity (Wildman–Crippen MR) is 46.6 cm³/mol. The minimum atomic E-state index is 0.705. The van der Waals surface area contributed by atoms with E-state index in [-0.39, 0.29) is 0 Å². The zero-order valence-corrected chi connectivity index (χ0v) is 7.93. The Morgan fingerprint density at radius 1 is 1.64 bits per heavy atom. The standard InChI is InChI=1S/C7H13N3S/c1-6(2)4-11-7-9-8-5-10(7)3/h5-6H,4H2,1-3H3. The third-order valence-electron chi connectivity index (χ3n) is 1.22. The van der Waals surface area contributed by atoms with Gasteiger partial charge in [-0.2, -0.15) is 0 Å². The van der Waals surface area contributed by atoms with Crippen LogP contribution >= 0.6 is 11.8 Å². The second-order valence-electron chi connectivity index (χ2n) is 2.93. The third-order valence-corrected chi connectivity index (χ3v) is 2.68. The molecule has 0 saturated carbocycles. The topological polar surface area (TPSA) is 30.7 Å². The van der Waals surface area contributed by atoms with Crippen LogP contribution in [0.3, 0.4) is 0 Å². The summed E-state index contributed by atoms with van der Waals surface area (Å²) < 4.78 is 1.94. The van der Waals surface area contributed by atoms with Crippen molar-refractivity contribution < 1.29 is 0 Å². The lowest BCUT2D eigenvalue weighted by molar-refractivity contribution is 0.738. The molecule has 0 bridgehead atoms. The first kappa shape index (κ1) is 8.59. The minimum Gasteiger partial charge on any atom is -0.312 e. The van der Waals surface area contributed by atoms with Crippen molar-refractivity contribution in [2.45, 2.75) is 19.0 Å². The van der Waals surface area contributed by atoms with Crippen LogP contribution in [-0.4, -0.2) is 20.5 Å². The lowest BCUT2D eigenvalue weighted by atomic mass is 10.3. The lowest BCUT2D eigenvalue weighted by Crippen LogP contribution is -1.94. The summed E-state index contributed by atoms with van der Waals surface area (Å²) in [6.07, 6.45) is 1.72. The molecule has 62 valence electrons. The Bertz CT molecular complexity index is 219. The Kier molecular flexibility index (Phi) is 2.93. The smallest absolute Gasteiger partial charge is 0.190 e. The van der Waals surface area contributed by atoms with E-state index in [4.69, 9.17) is 0 Å². The van der Waals surface area contributed by atoms with Crippen LogP contribution in [0.2, 0.25) is 0 Å². The van der Waals surface area contributed by atoms with E-state index in [9.17, 15) is 0 Å². The van der Waals surface area contributed by atoms with Gasteiger partial charge < -0.3 is 4.57 Å². The molecule has 1 heterocycles. The van der Waals surface area contributed by atoms with Gasteiger partial charge >= 0.3 is 0 Å². The number of hydrogen-bond acceptors (Lipinski definition) is 3. The number of rotatable bonds is 3. The van der Waals surface area contributed by atoms with E-state index in [1.807, 2.05) is 11.6 Å². The highest BCUT2D eigenvalue weighted by atomic mass is 32.2. The van der Waals surface area contributed by atoms with Crippen LogP contribution in [0.5, 0.6) is 0 Å². The molecule has 0 aliphatic rings. The normalized spacial score (nSPS) is 10.9. The summed E-state index contributed by atoms with van der Waals surface area (Å²) >= 11 is 1.75. The first-order valence-corrected chi connectivity index (χ1v) is 4.65. The molecule has 1 aromatic heterocycles. The molecule has 0 atom stereocenters. The van der Waals surface area contributed by atoms with E-state index in [1.54, 1.807) is 18.1 Å². The summed E-state index contributed by atoms with van der Waals surface area (Å²) in [5.41, 5.74) is 0. The van der Waals surface area contributed by atoms with E-state index in [0.717, 1.165) is 10.9 Å². The van der Waals surface area contributed by atoms with Gasteiger partial charge in [0, 0.05) is 12.8 Å². The van der Waals surface area contributed by atoms with Gasteiger partial charge in [0.05, 0.1) is 0 Å². The van der Waals surface area contributed by atoms with Gasteiger partial charge in [0.2, 0.25) is 0 Å². The molecule has 0 aromatic carbocycles. The summed E-state index contributed by atoms with van der Waals surface area (Å²) in [5, 5.41) is 8.75. The van der Waals surface area contributed by atoms with Crippen LogP contribution < -0.4 is 0 Å². The van der Waals surface area contributed by atoms with Crippen molar-refractivity contribution in [3.05, 3.63) is 6.33 Å². The van der Waals surface area contributed by atoms with Crippen molar-refractivity contribution in [2.24, 2.45) is 13.0 Å². The van der Waals surface area contributed by atoms with Gasteiger partial charge in [0.1, 0.15) is 6.33 Å². The summed E-state index contributed by atoms with van der Waals surface area (Å²) in [5.74, 6) is 1.81. The maximum atomic E-state index is 3.96. The molecule has 11 heavy (non-hydrogen) atoms. The average molecular weight is 171 g/mol. The predicted octanol–water partition coefficient (Wildman–Crippen LogP) is 1.56. The fourth-order valence-corrected chi connectivity index (χ4v) is 1.48. The third kappa shape index (κ3) is 2.54. The van der Waals surface area contributed by atoms with Gasteiger partial charge in [-0.1, -0.05) is 25.6 Å². The molecule has 0 fully saturated rings. The van der Waals surface area contributed by atoms with Crippen LogP contribution in [0.1, 0.15) is 13.8 Å². The molecule has 0 saturated heterocycles. The average Bonchev–Trinajstić information content (AvgIpc) is 2.31. The van der Waals surface area contributed by atoms with Crippen LogP contribution in [-0.2, 0) is 7.05 Å². The van der Waals surface area contributed by atoms with E-state index in [0.29, 0.717) is 5.92 Å². The molecule has 1 aromatic rings. The molecule has 1 rings (SSSR count). The summed E-state index contributed by atoms with van der Waals surface area (Å²) in [7, 11) is 1.96. The van der Waals surface area contributed by atoms with Crippen molar-refractivity contribution in [3.63, 3.8) is 0 Å². The highest BCUT2D eigenvalue weighted by Gasteiger charge is 2.01. The molecule has 0 radical (unpaired) electrons. The maximum absolute atomic E-state index is 3.96. The van der Waals surface area contributed by atoms with Gasteiger partial charge in [-0.25, -0.2) is 0 Å². The first-order valence-electron chi connectivity index (χ1n) is 3.67. The van der Waals surface area contributed by atoms with E-state index >= 15 is 0 Å². The fourth-order valence-electron chi connectivity index (χ4n) is 0.644. The monoisotopic (exact) mass is 171 g/mol. The Balaban J connectivity index is 2.44. The van der Waals surface area contributed by atoms with Gasteiger partial charge in [-0.05, 0) is 5.92 Å². The van der Waals surface area contributed by atoms with Crippen molar-refractivity contribution in [1.82, 2.24) is 14.8 Å². The molecule has 4 heteroatoms. The van der Waals surface area contributed by atoms with Crippen molar-refractivity contribution in [2.75, 3.05) is 5.75 Å². The van der Waals surface area contributed by atoms with Gasteiger partial charge in [-0.15, -0.1) is 10.2 Å². The molecule has 0 unspecified atom stereocenters. The van der Waals surface area contributed by atoms with Crippen LogP contribution in [0.15, 0.2) is 11.5 Å². The molecule has 0 aliphatic heterocycles. The number of nitrogens with zero attached hydrogens (tertiary/aromatic N) is 3. The number of aromatic nitrogens is 3. The Hall–Kier alpha value is -0.510. The Labute approximate surface area is 71.2 Å². The van der Waals surface area contributed by atoms with Gasteiger partial charge in [0.15, 0.2) is 5.16 Å². The number of thioether (sulfide) groups is 1. The Morgan fingerprint density at radius 2 is 2.36 bits per heavy atom.